The smallest absolute Gasteiger partial charge is 0.203 e. The molecule has 0 aliphatic heterocycles. The largest absolute Gasteiger partial charge is 0.493 e. The zero-order valence-electron chi connectivity index (χ0n) is 17.0. The van der Waals surface area contributed by atoms with E-state index in [1.807, 2.05) is 91.0 Å². The molecule has 4 aromatic rings. The third kappa shape index (κ3) is 4.81. The van der Waals surface area contributed by atoms with E-state index in [1.165, 1.54) is 0 Å². The molecule has 30 heavy (non-hydrogen) atoms. The van der Waals surface area contributed by atoms with Crippen LogP contribution in [0.5, 0.6) is 17.2 Å². The van der Waals surface area contributed by atoms with Crippen molar-refractivity contribution in [3.8, 4) is 28.4 Å². The first-order valence-electron chi connectivity index (χ1n) is 9.94. The van der Waals surface area contributed by atoms with Gasteiger partial charge in [-0.3, -0.25) is 0 Å². The van der Waals surface area contributed by atoms with Gasteiger partial charge in [-0.1, -0.05) is 91.0 Å². The van der Waals surface area contributed by atoms with Crippen molar-refractivity contribution in [2.75, 3.05) is 7.11 Å². The molecule has 0 saturated heterocycles. The van der Waals surface area contributed by atoms with Gasteiger partial charge in [-0.15, -0.1) is 0 Å². The second kappa shape index (κ2) is 9.66. The van der Waals surface area contributed by atoms with Gasteiger partial charge in [-0.05, 0) is 34.4 Å². The van der Waals surface area contributed by atoms with Crippen molar-refractivity contribution in [2.45, 2.75) is 13.2 Å². The highest BCUT2D eigenvalue weighted by atomic mass is 16.5. The Morgan fingerprint density at radius 2 is 1.03 bits per heavy atom. The average Bonchev–Trinajstić information content (AvgIpc) is 2.83. The van der Waals surface area contributed by atoms with E-state index in [4.69, 9.17) is 14.2 Å². The van der Waals surface area contributed by atoms with Crippen LogP contribution in [0.3, 0.4) is 0 Å². The summed E-state index contributed by atoms with van der Waals surface area (Å²) in [7, 11) is 1.65. The van der Waals surface area contributed by atoms with Gasteiger partial charge < -0.3 is 14.2 Å². The van der Waals surface area contributed by atoms with Crippen LogP contribution in [0.2, 0.25) is 0 Å². The molecule has 4 aromatic carbocycles. The number of hydrogen-bond acceptors (Lipinski definition) is 3. The molecule has 0 aliphatic rings. The third-order valence-corrected chi connectivity index (χ3v) is 4.81. The lowest BCUT2D eigenvalue weighted by molar-refractivity contribution is 0.244. The van der Waals surface area contributed by atoms with Gasteiger partial charge in [0.1, 0.15) is 13.2 Å². The van der Waals surface area contributed by atoms with E-state index >= 15 is 0 Å². The number of benzene rings is 4. The SMILES string of the molecule is COc1cc(-c2ccccc2)cc(OCc2ccccc2)c1OCc1ccccc1. The molecule has 150 valence electrons. The zero-order valence-corrected chi connectivity index (χ0v) is 17.0. The Kier molecular flexibility index (Phi) is 6.31. The summed E-state index contributed by atoms with van der Waals surface area (Å²) in [5.74, 6) is 1.92. The van der Waals surface area contributed by atoms with E-state index in [0.717, 1.165) is 22.3 Å². The van der Waals surface area contributed by atoms with Crippen LogP contribution >= 0.6 is 0 Å². The number of rotatable bonds is 8. The Labute approximate surface area is 177 Å². The summed E-state index contributed by atoms with van der Waals surface area (Å²) in [6, 6.07) is 34.4. The minimum atomic E-state index is 0.434. The molecule has 3 heteroatoms. The van der Waals surface area contributed by atoms with Gasteiger partial charge in [0, 0.05) is 0 Å². The average molecular weight is 396 g/mol. The van der Waals surface area contributed by atoms with Crippen LogP contribution in [0.1, 0.15) is 11.1 Å². The molecule has 0 fully saturated rings. The van der Waals surface area contributed by atoms with Crippen LogP contribution in [0.15, 0.2) is 103 Å². The summed E-state index contributed by atoms with van der Waals surface area (Å²) in [6.45, 7) is 0.882. The van der Waals surface area contributed by atoms with E-state index < -0.39 is 0 Å². The predicted octanol–water partition coefficient (Wildman–Crippen LogP) is 6.52. The van der Waals surface area contributed by atoms with E-state index in [1.54, 1.807) is 7.11 Å². The normalized spacial score (nSPS) is 10.4. The standard InChI is InChI=1S/C27H24O3/c1-28-25-17-24(23-15-9-4-10-16-23)18-26(29-19-21-11-5-2-6-12-21)27(25)30-20-22-13-7-3-8-14-22/h2-18H,19-20H2,1H3. The molecule has 0 N–H and O–H groups in total. The van der Waals surface area contributed by atoms with Gasteiger partial charge in [0.15, 0.2) is 11.5 Å². The molecule has 0 unspecified atom stereocenters. The molecule has 0 aliphatic carbocycles. The molecule has 0 spiro atoms. The van der Waals surface area contributed by atoms with E-state index in [0.29, 0.717) is 30.5 Å². The molecular formula is C27H24O3. The topological polar surface area (TPSA) is 27.7 Å². The van der Waals surface area contributed by atoms with Gasteiger partial charge in [-0.2, -0.15) is 0 Å². The maximum atomic E-state index is 6.21. The molecule has 3 nitrogen and oxygen atoms in total. The van der Waals surface area contributed by atoms with Crippen molar-refractivity contribution in [2.24, 2.45) is 0 Å². The fraction of sp³-hybridized carbons (Fsp3) is 0.111. The second-order valence-electron chi connectivity index (χ2n) is 6.92. The molecule has 0 bridgehead atoms. The first kappa shape index (κ1) is 19.6. The lowest BCUT2D eigenvalue weighted by Gasteiger charge is -2.18. The summed E-state index contributed by atoms with van der Waals surface area (Å²) in [5.41, 5.74) is 4.29. The third-order valence-electron chi connectivity index (χ3n) is 4.81. The highest BCUT2D eigenvalue weighted by molar-refractivity contribution is 5.71. The van der Waals surface area contributed by atoms with E-state index in [-0.39, 0.29) is 0 Å². The Morgan fingerprint density at radius 3 is 1.60 bits per heavy atom. The minimum absolute atomic E-state index is 0.434. The van der Waals surface area contributed by atoms with E-state index in [9.17, 15) is 0 Å². The van der Waals surface area contributed by atoms with Crippen LogP contribution in [-0.4, -0.2) is 7.11 Å². The van der Waals surface area contributed by atoms with Crippen LogP contribution in [0, 0.1) is 0 Å². The second-order valence-corrected chi connectivity index (χ2v) is 6.92. The lowest BCUT2D eigenvalue weighted by atomic mass is 10.0. The summed E-state index contributed by atoms with van der Waals surface area (Å²) >= 11 is 0. The van der Waals surface area contributed by atoms with Crippen LogP contribution < -0.4 is 14.2 Å². The Hall–Kier alpha value is -3.72. The molecule has 0 aromatic heterocycles. The molecule has 0 saturated carbocycles. The maximum absolute atomic E-state index is 6.21. The summed E-state index contributed by atoms with van der Waals surface area (Å²) < 4.78 is 18.1. The minimum Gasteiger partial charge on any atom is -0.493 e. The Morgan fingerprint density at radius 1 is 0.533 bits per heavy atom. The zero-order chi connectivity index (χ0) is 20.6. The Balaban J connectivity index is 1.68. The van der Waals surface area contributed by atoms with Crippen molar-refractivity contribution < 1.29 is 14.2 Å². The number of ether oxygens (including phenoxy) is 3. The van der Waals surface area contributed by atoms with Gasteiger partial charge >= 0.3 is 0 Å². The van der Waals surface area contributed by atoms with Gasteiger partial charge in [0.25, 0.3) is 0 Å². The van der Waals surface area contributed by atoms with Crippen LogP contribution in [0.4, 0.5) is 0 Å². The van der Waals surface area contributed by atoms with Crippen molar-refractivity contribution in [3.05, 3.63) is 114 Å². The molecule has 0 amide bonds. The first-order chi connectivity index (χ1) is 14.8. The van der Waals surface area contributed by atoms with Crippen LogP contribution in [-0.2, 0) is 13.2 Å². The number of methoxy groups -OCH3 is 1. The Bertz CT molecular complexity index is 1060. The molecular weight excluding hydrogens is 372 g/mol. The number of hydrogen-bond donors (Lipinski definition) is 0. The highest BCUT2D eigenvalue weighted by Crippen LogP contribution is 2.42. The maximum Gasteiger partial charge on any atom is 0.203 e. The van der Waals surface area contributed by atoms with E-state index in [2.05, 4.69) is 12.1 Å². The van der Waals surface area contributed by atoms with Gasteiger partial charge in [0.05, 0.1) is 7.11 Å². The van der Waals surface area contributed by atoms with Crippen molar-refractivity contribution in [1.82, 2.24) is 0 Å². The molecule has 0 heterocycles. The quantitative estimate of drug-likeness (QED) is 0.339. The molecule has 0 radical (unpaired) electrons. The predicted molar refractivity (Wildman–Crippen MR) is 120 cm³/mol. The van der Waals surface area contributed by atoms with Crippen molar-refractivity contribution >= 4 is 0 Å². The lowest BCUT2D eigenvalue weighted by Crippen LogP contribution is -2.03. The summed E-state index contributed by atoms with van der Waals surface area (Å²) in [6.07, 6.45) is 0. The van der Waals surface area contributed by atoms with Crippen LogP contribution in [0.25, 0.3) is 11.1 Å². The molecule has 4 rings (SSSR count). The first-order valence-corrected chi connectivity index (χ1v) is 9.94. The fourth-order valence-electron chi connectivity index (χ4n) is 3.24. The van der Waals surface area contributed by atoms with Crippen molar-refractivity contribution in [3.63, 3.8) is 0 Å². The monoisotopic (exact) mass is 396 g/mol. The molecule has 0 atom stereocenters. The summed E-state index contributed by atoms with van der Waals surface area (Å²) in [4.78, 5) is 0. The highest BCUT2D eigenvalue weighted by Gasteiger charge is 2.16. The van der Waals surface area contributed by atoms with Gasteiger partial charge in [-0.25, -0.2) is 0 Å². The fourth-order valence-corrected chi connectivity index (χ4v) is 3.24. The van der Waals surface area contributed by atoms with Crippen molar-refractivity contribution in [1.29, 1.82) is 0 Å². The summed E-state index contributed by atoms with van der Waals surface area (Å²) in [5, 5.41) is 0. The van der Waals surface area contributed by atoms with Gasteiger partial charge in [0.2, 0.25) is 5.75 Å².